The van der Waals surface area contributed by atoms with E-state index in [9.17, 15) is 4.79 Å². The molecule has 24 heavy (non-hydrogen) atoms. The molecule has 3 rings (SSSR count). The molecule has 0 saturated carbocycles. The monoisotopic (exact) mass is 330 g/mol. The van der Waals surface area contributed by atoms with Gasteiger partial charge < -0.3 is 15.4 Å². The molecule has 1 fully saturated rings. The quantitative estimate of drug-likeness (QED) is 0.894. The number of nitrogens with zero attached hydrogens (tertiary/aromatic N) is 2. The molecule has 2 aromatic rings. The van der Waals surface area contributed by atoms with Crippen molar-refractivity contribution in [3.05, 3.63) is 29.5 Å². The van der Waals surface area contributed by atoms with Gasteiger partial charge in [0.05, 0.1) is 35.9 Å². The lowest BCUT2D eigenvalue weighted by Gasteiger charge is -2.27. The highest BCUT2D eigenvalue weighted by Crippen LogP contribution is 2.29. The number of nitrogens with one attached hydrogen (secondary N) is 2. The van der Waals surface area contributed by atoms with Crippen LogP contribution in [0.3, 0.4) is 0 Å². The number of aromatic nitrogens is 2. The molecule has 0 radical (unpaired) electrons. The standard InChI is InChI=1S/C18H26N4O2/c1-12-6-5-7-14-15(12)22(4)21-16(14)18(2,3)20-17(23)13-10-19-8-9-24-11-13/h5-7,13,19H,8-11H2,1-4H3,(H,20,23). The maximum Gasteiger partial charge on any atom is 0.227 e. The van der Waals surface area contributed by atoms with Crippen molar-refractivity contribution in [1.82, 2.24) is 20.4 Å². The Labute approximate surface area is 142 Å². The molecule has 2 heterocycles. The van der Waals surface area contributed by atoms with E-state index in [-0.39, 0.29) is 11.8 Å². The molecular weight excluding hydrogens is 304 g/mol. The van der Waals surface area contributed by atoms with E-state index in [1.54, 1.807) is 0 Å². The first kappa shape index (κ1) is 16.9. The topological polar surface area (TPSA) is 68.2 Å². The van der Waals surface area contributed by atoms with E-state index in [1.807, 2.05) is 31.6 Å². The molecule has 0 bridgehead atoms. The molecule has 0 spiro atoms. The summed E-state index contributed by atoms with van der Waals surface area (Å²) < 4.78 is 7.39. The van der Waals surface area contributed by atoms with Gasteiger partial charge in [-0.1, -0.05) is 18.2 Å². The summed E-state index contributed by atoms with van der Waals surface area (Å²) in [7, 11) is 1.94. The van der Waals surface area contributed by atoms with Crippen LogP contribution in [0.15, 0.2) is 18.2 Å². The number of para-hydroxylation sites is 1. The Morgan fingerprint density at radius 1 is 1.46 bits per heavy atom. The molecule has 6 nitrogen and oxygen atoms in total. The Balaban J connectivity index is 1.88. The summed E-state index contributed by atoms with van der Waals surface area (Å²) in [5.41, 5.74) is 2.61. The number of carbonyl (C=O) groups excluding carboxylic acids is 1. The normalized spacial score (nSPS) is 19.2. The summed E-state index contributed by atoms with van der Waals surface area (Å²) in [6.45, 7) is 8.61. The van der Waals surface area contributed by atoms with Gasteiger partial charge in [0.2, 0.25) is 5.91 Å². The van der Waals surface area contributed by atoms with Gasteiger partial charge in [-0.15, -0.1) is 0 Å². The highest BCUT2D eigenvalue weighted by atomic mass is 16.5. The van der Waals surface area contributed by atoms with Crippen LogP contribution in [-0.4, -0.2) is 42.0 Å². The molecule has 1 saturated heterocycles. The average molecular weight is 330 g/mol. The summed E-state index contributed by atoms with van der Waals surface area (Å²) in [6, 6.07) is 6.17. The molecule has 0 aliphatic carbocycles. The van der Waals surface area contributed by atoms with Crippen LogP contribution in [0.1, 0.15) is 25.1 Å². The predicted molar refractivity (Wildman–Crippen MR) is 93.8 cm³/mol. The molecule has 130 valence electrons. The van der Waals surface area contributed by atoms with E-state index in [0.717, 1.165) is 23.1 Å². The molecule has 1 aromatic heterocycles. The molecule has 1 atom stereocenters. The van der Waals surface area contributed by atoms with Crippen molar-refractivity contribution in [2.45, 2.75) is 26.3 Å². The van der Waals surface area contributed by atoms with Crippen LogP contribution >= 0.6 is 0 Å². The Bertz CT molecular complexity index is 743. The van der Waals surface area contributed by atoms with E-state index in [0.29, 0.717) is 19.8 Å². The number of ether oxygens (including phenoxy) is 1. The second-order valence-electron chi connectivity index (χ2n) is 7.03. The van der Waals surface area contributed by atoms with Crippen molar-refractivity contribution in [3.63, 3.8) is 0 Å². The number of fused-ring (bicyclic) bond motifs is 1. The van der Waals surface area contributed by atoms with E-state index < -0.39 is 5.54 Å². The first-order chi connectivity index (χ1) is 11.4. The maximum atomic E-state index is 12.7. The van der Waals surface area contributed by atoms with Gasteiger partial charge >= 0.3 is 0 Å². The maximum absolute atomic E-state index is 12.7. The summed E-state index contributed by atoms with van der Waals surface area (Å²) >= 11 is 0. The number of benzene rings is 1. The SMILES string of the molecule is Cc1cccc2c(C(C)(C)NC(=O)C3CNCCOC3)nn(C)c12. The Morgan fingerprint density at radius 2 is 2.25 bits per heavy atom. The van der Waals surface area contributed by atoms with Crippen LogP contribution in [0.25, 0.3) is 10.9 Å². The molecule has 1 aliphatic heterocycles. The number of rotatable bonds is 3. The van der Waals surface area contributed by atoms with Crippen molar-refractivity contribution in [2.75, 3.05) is 26.3 Å². The number of carbonyl (C=O) groups is 1. The van der Waals surface area contributed by atoms with E-state index in [1.165, 1.54) is 5.56 Å². The Hall–Kier alpha value is -1.92. The smallest absolute Gasteiger partial charge is 0.227 e. The predicted octanol–water partition coefficient (Wildman–Crippen LogP) is 1.47. The first-order valence-corrected chi connectivity index (χ1v) is 8.43. The highest BCUT2D eigenvalue weighted by Gasteiger charge is 2.32. The fraction of sp³-hybridized carbons (Fsp3) is 0.556. The van der Waals surface area contributed by atoms with Crippen LogP contribution in [0.2, 0.25) is 0 Å². The molecule has 1 amide bonds. The lowest BCUT2D eigenvalue weighted by atomic mass is 9.95. The number of hydrogen-bond donors (Lipinski definition) is 2. The third kappa shape index (κ3) is 3.16. The van der Waals surface area contributed by atoms with E-state index in [4.69, 9.17) is 9.84 Å². The number of hydrogen-bond acceptors (Lipinski definition) is 4. The molecule has 2 N–H and O–H groups in total. The number of amides is 1. The molecular formula is C18H26N4O2. The lowest BCUT2D eigenvalue weighted by Crippen LogP contribution is -2.47. The van der Waals surface area contributed by atoms with Crippen LogP contribution in [0, 0.1) is 12.8 Å². The van der Waals surface area contributed by atoms with Crippen molar-refractivity contribution in [3.8, 4) is 0 Å². The third-order valence-corrected chi connectivity index (χ3v) is 4.60. The fourth-order valence-corrected chi connectivity index (χ4v) is 3.34. The van der Waals surface area contributed by atoms with E-state index >= 15 is 0 Å². The minimum Gasteiger partial charge on any atom is -0.379 e. The van der Waals surface area contributed by atoms with Crippen molar-refractivity contribution in [1.29, 1.82) is 0 Å². The van der Waals surface area contributed by atoms with Gasteiger partial charge in [0.15, 0.2) is 0 Å². The Kier molecular flexibility index (Phi) is 4.60. The van der Waals surface area contributed by atoms with Crippen molar-refractivity contribution in [2.24, 2.45) is 13.0 Å². The third-order valence-electron chi connectivity index (χ3n) is 4.60. The highest BCUT2D eigenvalue weighted by molar-refractivity contribution is 5.87. The first-order valence-electron chi connectivity index (χ1n) is 8.43. The van der Waals surface area contributed by atoms with E-state index in [2.05, 4.69) is 29.7 Å². The zero-order valence-electron chi connectivity index (χ0n) is 14.8. The molecule has 6 heteroatoms. The second kappa shape index (κ2) is 6.53. The minimum atomic E-state index is -0.559. The summed E-state index contributed by atoms with van der Waals surface area (Å²) in [5, 5.41) is 12.2. The van der Waals surface area contributed by atoms with Crippen LogP contribution in [0.5, 0.6) is 0 Å². The number of aryl methyl sites for hydroxylation is 2. The summed E-state index contributed by atoms with van der Waals surface area (Å²) in [6.07, 6.45) is 0. The average Bonchev–Trinajstić information content (AvgIpc) is 2.72. The zero-order valence-corrected chi connectivity index (χ0v) is 14.8. The molecule has 1 aliphatic rings. The summed E-state index contributed by atoms with van der Waals surface area (Å²) in [4.78, 5) is 12.7. The van der Waals surface area contributed by atoms with Gasteiger partial charge in [0.25, 0.3) is 0 Å². The van der Waals surface area contributed by atoms with Crippen molar-refractivity contribution >= 4 is 16.8 Å². The lowest BCUT2D eigenvalue weighted by molar-refractivity contribution is -0.128. The fourth-order valence-electron chi connectivity index (χ4n) is 3.34. The molecule has 1 aromatic carbocycles. The van der Waals surface area contributed by atoms with Gasteiger partial charge in [-0.05, 0) is 26.3 Å². The summed E-state index contributed by atoms with van der Waals surface area (Å²) in [5.74, 6) is -0.177. The van der Waals surface area contributed by atoms with Gasteiger partial charge in [0.1, 0.15) is 0 Å². The van der Waals surface area contributed by atoms with Gasteiger partial charge in [0, 0.05) is 25.5 Å². The largest absolute Gasteiger partial charge is 0.379 e. The second-order valence-corrected chi connectivity index (χ2v) is 7.03. The van der Waals surface area contributed by atoms with Crippen LogP contribution in [0.4, 0.5) is 0 Å². The van der Waals surface area contributed by atoms with Crippen molar-refractivity contribution < 1.29 is 9.53 Å². The van der Waals surface area contributed by atoms with Gasteiger partial charge in [-0.3, -0.25) is 9.48 Å². The van der Waals surface area contributed by atoms with Crippen LogP contribution < -0.4 is 10.6 Å². The minimum absolute atomic E-state index is 0.000793. The van der Waals surface area contributed by atoms with Gasteiger partial charge in [-0.25, -0.2) is 0 Å². The van der Waals surface area contributed by atoms with Crippen LogP contribution in [-0.2, 0) is 22.1 Å². The zero-order chi connectivity index (χ0) is 17.3. The Morgan fingerprint density at radius 3 is 3.04 bits per heavy atom. The van der Waals surface area contributed by atoms with Gasteiger partial charge in [-0.2, -0.15) is 5.10 Å². The molecule has 1 unspecified atom stereocenters.